The van der Waals surface area contributed by atoms with Gasteiger partial charge >= 0.3 is 0 Å². The van der Waals surface area contributed by atoms with Gasteiger partial charge in [-0.25, -0.2) is 0 Å². The summed E-state index contributed by atoms with van der Waals surface area (Å²) in [7, 11) is 1.81. The highest BCUT2D eigenvalue weighted by Gasteiger charge is 2.23. The summed E-state index contributed by atoms with van der Waals surface area (Å²) in [4.78, 5) is 0. The van der Waals surface area contributed by atoms with Crippen LogP contribution in [0, 0.1) is 5.92 Å². The maximum atomic E-state index is 6.01. The van der Waals surface area contributed by atoms with Crippen molar-refractivity contribution in [1.29, 1.82) is 0 Å². The molecular formula is C14H27NO2. The Bertz CT molecular complexity index is 218. The standard InChI is InChI=1S/C14H27NO2/c1-11(9-15-12-6-7-12)10-17-14-5-3-4-13(8-14)16-2/h11-15H,3-10H2,1-2H3. The molecule has 3 nitrogen and oxygen atoms in total. The summed E-state index contributed by atoms with van der Waals surface area (Å²) < 4.78 is 11.4. The Morgan fingerprint density at radius 2 is 1.94 bits per heavy atom. The van der Waals surface area contributed by atoms with Gasteiger partial charge in [-0.3, -0.25) is 0 Å². The predicted molar refractivity (Wildman–Crippen MR) is 69.2 cm³/mol. The minimum atomic E-state index is 0.425. The van der Waals surface area contributed by atoms with Gasteiger partial charge in [-0.1, -0.05) is 6.92 Å². The fraction of sp³-hybridized carbons (Fsp3) is 1.00. The van der Waals surface area contributed by atoms with E-state index in [0.29, 0.717) is 18.1 Å². The van der Waals surface area contributed by atoms with Gasteiger partial charge in [0.25, 0.3) is 0 Å². The molecule has 0 bridgehead atoms. The van der Waals surface area contributed by atoms with Crippen LogP contribution in [0.3, 0.4) is 0 Å². The van der Waals surface area contributed by atoms with Crippen molar-refractivity contribution >= 4 is 0 Å². The van der Waals surface area contributed by atoms with Crippen molar-refractivity contribution in [3.05, 3.63) is 0 Å². The second kappa shape index (κ2) is 6.72. The molecule has 0 aromatic rings. The molecule has 2 saturated carbocycles. The van der Waals surface area contributed by atoms with E-state index < -0.39 is 0 Å². The average Bonchev–Trinajstić information content (AvgIpc) is 3.18. The Kier molecular flexibility index (Phi) is 5.26. The molecule has 3 unspecified atom stereocenters. The molecule has 100 valence electrons. The van der Waals surface area contributed by atoms with E-state index in [4.69, 9.17) is 9.47 Å². The fourth-order valence-corrected chi connectivity index (χ4v) is 2.48. The third kappa shape index (κ3) is 4.94. The minimum Gasteiger partial charge on any atom is -0.381 e. The predicted octanol–water partition coefficient (Wildman–Crippen LogP) is 2.35. The van der Waals surface area contributed by atoms with Crippen LogP contribution in [-0.4, -0.2) is 38.5 Å². The zero-order valence-electron chi connectivity index (χ0n) is 11.3. The van der Waals surface area contributed by atoms with Crippen LogP contribution in [0.25, 0.3) is 0 Å². The zero-order chi connectivity index (χ0) is 12.1. The summed E-state index contributed by atoms with van der Waals surface area (Å²) >= 11 is 0. The molecule has 1 N–H and O–H groups in total. The first-order valence-corrected chi connectivity index (χ1v) is 7.15. The summed E-state index contributed by atoms with van der Waals surface area (Å²) in [6.45, 7) is 4.26. The summed E-state index contributed by atoms with van der Waals surface area (Å²) in [5.74, 6) is 0.624. The normalized spacial score (nSPS) is 31.4. The molecule has 17 heavy (non-hydrogen) atoms. The van der Waals surface area contributed by atoms with Crippen LogP contribution >= 0.6 is 0 Å². The van der Waals surface area contributed by atoms with E-state index in [1.165, 1.54) is 32.1 Å². The SMILES string of the molecule is COC1CCCC(OCC(C)CNC2CC2)C1. The van der Waals surface area contributed by atoms with Gasteiger partial charge in [0.2, 0.25) is 0 Å². The molecule has 0 amide bonds. The number of ether oxygens (including phenoxy) is 2. The van der Waals surface area contributed by atoms with Gasteiger partial charge in [-0.15, -0.1) is 0 Å². The van der Waals surface area contributed by atoms with E-state index in [-0.39, 0.29) is 0 Å². The number of rotatable bonds is 7. The Hall–Kier alpha value is -0.120. The first kappa shape index (κ1) is 13.3. The number of hydrogen-bond donors (Lipinski definition) is 1. The first-order valence-electron chi connectivity index (χ1n) is 7.15. The minimum absolute atomic E-state index is 0.425. The molecule has 0 aliphatic heterocycles. The molecule has 0 radical (unpaired) electrons. The molecule has 2 aliphatic carbocycles. The van der Waals surface area contributed by atoms with E-state index in [0.717, 1.165) is 25.6 Å². The van der Waals surface area contributed by atoms with Crippen molar-refractivity contribution in [1.82, 2.24) is 5.32 Å². The third-order valence-electron chi connectivity index (χ3n) is 3.86. The van der Waals surface area contributed by atoms with Crippen molar-refractivity contribution in [3.63, 3.8) is 0 Å². The van der Waals surface area contributed by atoms with Gasteiger partial charge in [0, 0.05) is 19.7 Å². The summed E-state index contributed by atoms with van der Waals surface area (Å²) in [5.41, 5.74) is 0. The van der Waals surface area contributed by atoms with Crippen LogP contribution in [-0.2, 0) is 9.47 Å². The molecule has 3 atom stereocenters. The second-order valence-electron chi connectivity index (χ2n) is 5.77. The lowest BCUT2D eigenvalue weighted by Crippen LogP contribution is -2.31. The monoisotopic (exact) mass is 241 g/mol. The highest BCUT2D eigenvalue weighted by atomic mass is 16.5. The van der Waals surface area contributed by atoms with Crippen LogP contribution in [0.15, 0.2) is 0 Å². The number of nitrogens with one attached hydrogen (secondary N) is 1. The van der Waals surface area contributed by atoms with Gasteiger partial charge in [0.05, 0.1) is 18.8 Å². The van der Waals surface area contributed by atoms with Gasteiger partial charge in [-0.05, 0) is 44.4 Å². The molecule has 2 aliphatic rings. The average molecular weight is 241 g/mol. The first-order chi connectivity index (χ1) is 8.28. The molecular weight excluding hydrogens is 214 g/mol. The number of hydrogen-bond acceptors (Lipinski definition) is 3. The van der Waals surface area contributed by atoms with Gasteiger partial charge in [-0.2, -0.15) is 0 Å². The second-order valence-corrected chi connectivity index (χ2v) is 5.77. The zero-order valence-corrected chi connectivity index (χ0v) is 11.3. The van der Waals surface area contributed by atoms with Gasteiger partial charge in [0.1, 0.15) is 0 Å². The maximum absolute atomic E-state index is 6.01. The van der Waals surface area contributed by atoms with Crippen LogP contribution in [0.1, 0.15) is 45.4 Å². The smallest absolute Gasteiger partial charge is 0.0600 e. The van der Waals surface area contributed by atoms with Gasteiger partial charge < -0.3 is 14.8 Å². The molecule has 0 heterocycles. The highest BCUT2D eigenvalue weighted by molar-refractivity contribution is 4.81. The summed E-state index contributed by atoms with van der Waals surface area (Å²) in [6.07, 6.45) is 8.33. The molecule has 0 spiro atoms. The highest BCUT2D eigenvalue weighted by Crippen LogP contribution is 2.23. The van der Waals surface area contributed by atoms with E-state index >= 15 is 0 Å². The number of methoxy groups -OCH3 is 1. The lowest BCUT2D eigenvalue weighted by atomic mass is 9.95. The van der Waals surface area contributed by atoms with Crippen LogP contribution < -0.4 is 5.32 Å². The van der Waals surface area contributed by atoms with Crippen molar-refractivity contribution in [2.45, 2.75) is 63.7 Å². The van der Waals surface area contributed by atoms with E-state index in [9.17, 15) is 0 Å². The van der Waals surface area contributed by atoms with Gasteiger partial charge in [0.15, 0.2) is 0 Å². The molecule has 0 saturated heterocycles. The Labute approximate surface area is 105 Å². The maximum Gasteiger partial charge on any atom is 0.0600 e. The Morgan fingerprint density at radius 3 is 2.65 bits per heavy atom. The van der Waals surface area contributed by atoms with E-state index in [1.807, 2.05) is 7.11 Å². The topological polar surface area (TPSA) is 30.5 Å². The molecule has 3 heteroatoms. The lowest BCUT2D eigenvalue weighted by molar-refractivity contribution is -0.0382. The quantitative estimate of drug-likeness (QED) is 0.742. The largest absolute Gasteiger partial charge is 0.381 e. The lowest BCUT2D eigenvalue weighted by Gasteiger charge is -2.29. The summed E-state index contributed by atoms with van der Waals surface area (Å²) in [5, 5.41) is 3.56. The summed E-state index contributed by atoms with van der Waals surface area (Å²) in [6, 6.07) is 0.810. The molecule has 2 rings (SSSR count). The van der Waals surface area contributed by atoms with Crippen molar-refractivity contribution in [2.75, 3.05) is 20.3 Å². The third-order valence-corrected chi connectivity index (χ3v) is 3.86. The van der Waals surface area contributed by atoms with E-state index in [2.05, 4.69) is 12.2 Å². The Morgan fingerprint density at radius 1 is 1.18 bits per heavy atom. The van der Waals surface area contributed by atoms with Crippen molar-refractivity contribution in [3.8, 4) is 0 Å². The van der Waals surface area contributed by atoms with Crippen LogP contribution in [0.2, 0.25) is 0 Å². The van der Waals surface area contributed by atoms with Crippen LogP contribution in [0.5, 0.6) is 0 Å². The van der Waals surface area contributed by atoms with Crippen molar-refractivity contribution < 1.29 is 9.47 Å². The molecule has 0 aromatic heterocycles. The van der Waals surface area contributed by atoms with Crippen molar-refractivity contribution in [2.24, 2.45) is 5.92 Å². The van der Waals surface area contributed by atoms with Crippen LogP contribution in [0.4, 0.5) is 0 Å². The Balaban J connectivity index is 1.56. The molecule has 0 aromatic carbocycles. The fourth-order valence-electron chi connectivity index (χ4n) is 2.48. The molecule has 2 fully saturated rings. The van der Waals surface area contributed by atoms with E-state index in [1.54, 1.807) is 0 Å².